The van der Waals surface area contributed by atoms with E-state index >= 15 is 0 Å². The Morgan fingerprint density at radius 2 is 1.96 bits per heavy atom. The maximum Gasteiger partial charge on any atom is 0.261 e. The second-order valence-electron chi connectivity index (χ2n) is 7.26. The number of aromatic amines is 1. The highest BCUT2D eigenvalue weighted by Gasteiger charge is 2.30. The van der Waals surface area contributed by atoms with Crippen LogP contribution in [0.2, 0.25) is 0 Å². The Morgan fingerprint density at radius 1 is 1.15 bits per heavy atom. The van der Waals surface area contributed by atoms with E-state index in [-0.39, 0.29) is 29.2 Å². The van der Waals surface area contributed by atoms with Crippen molar-refractivity contribution in [2.75, 3.05) is 0 Å². The van der Waals surface area contributed by atoms with Crippen LogP contribution >= 0.6 is 0 Å². The molecule has 1 saturated carbocycles. The van der Waals surface area contributed by atoms with Crippen LogP contribution in [0.1, 0.15) is 76.6 Å². The summed E-state index contributed by atoms with van der Waals surface area (Å²) in [5.41, 5.74) is 0.618. The van der Waals surface area contributed by atoms with Gasteiger partial charge in [0.25, 0.3) is 11.5 Å². The van der Waals surface area contributed by atoms with Crippen molar-refractivity contribution >= 4 is 11.7 Å². The molecular formula is C20H22N2O4. The quantitative estimate of drug-likeness (QED) is 0.886. The first-order valence-corrected chi connectivity index (χ1v) is 9.25. The number of carbonyl (C=O) groups excluding carboxylic acids is 2. The van der Waals surface area contributed by atoms with Crippen molar-refractivity contribution in [3.8, 4) is 0 Å². The molecule has 136 valence electrons. The molecule has 2 aromatic rings. The average molecular weight is 354 g/mol. The second kappa shape index (κ2) is 6.94. The van der Waals surface area contributed by atoms with Crippen LogP contribution in [0.4, 0.5) is 0 Å². The third kappa shape index (κ3) is 3.23. The molecule has 6 heteroatoms. The molecule has 0 unspecified atom stereocenters. The zero-order chi connectivity index (χ0) is 18.1. The van der Waals surface area contributed by atoms with Gasteiger partial charge in [0.15, 0.2) is 5.78 Å². The van der Waals surface area contributed by atoms with Gasteiger partial charge in [0.2, 0.25) is 0 Å². The third-order valence-electron chi connectivity index (χ3n) is 5.44. The third-order valence-corrected chi connectivity index (χ3v) is 5.44. The van der Waals surface area contributed by atoms with Crippen LogP contribution in [-0.4, -0.2) is 22.7 Å². The molecule has 0 bridgehead atoms. The topological polar surface area (TPSA) is 92.2 Å². The van der Waals surface area contributed by atoms with E-state index in [2.05, 4.69) is 10.3 Å². The number of fused-ring (bicyclic) bond motifs is 1. The Hall–Kier alpha value is -2.63. The lowest BCUT2D eigenvalue weighted by atomic mass is 9.84. The smallest absolute Gasteiger partial charge is 0.261 e. The largest absolute Gasteiger partial charge is 0.469 e. The van der Waals surface area contributed by atoms with Crippen molar-refractivity contribution < 1.29 is 14.0 Å². The molecule has 4 rings (SSSR count). The summed E-state index contributed by atoms with van der Waals surface area (Å²) in [7, 11) is 0. The molecular weight excluding hydrogens is 332 g/mol. The molecule has 1 atom stereocenters. The van der Waals surface area contributed by atoms with E-state index in [0.717, 1.165) is 31.4 Å². The van der Waals surface area contributed by atoms with Gasteiger partial charge in [-0.05, 0) is 37.5 Å². The van der Waals surface area contributed by atoms with Crippen molar-refractivity contribution in [2.45, 2.75) is 56.9 Å². The SMILES string of the molecule is O=C1C[C@H](c2ccco2)Cc2[nH]c(=O)c(C(=O)NC3CCCCC3)cc21. The predicted molar refractivity (Wildman–Crippen MR) is 95.5 cm³/mol. The van der Waals surface area contributed by atoms with Crippen LogP contribution in [0.5, 0.6) is 0 Å². The van der Waals surface area contributed by atoms with Crippen LogP contribution in [0, 0.1) is 0 Å². The Labute approximate surface area is 151 Å². The summed E-state index contributed by atoms with van der Waals surface area (Å²) >= 11 is 0. The molecule has 6 nitrogen and oxygen atoms in total. The first kappa shape index (κ1) is 16.8. The minimum atomic E-state index is -0.440. The molecule has 1 amide bonds. The standard InChI is InChI=1S/C20H22N2O4/c23-17-10-12(18-7-4-8-26-18)9-16-14(17)11-15(20(25)22-16)19(24)21-13-5-2-1-3-6-13/h4,7-8,11-13H,1-3,5-6,9-10H2,(H,21,24)(H,22,25)/t12-/m1/s1. The normalized spacial score (nSPS) is 20.6. The van der Waals surface area contributed by atoms with Gasteiger partial charge in [-0.15, -0.1) is 0 Å². The van der Waals surface area contributed by atoms with E-state index in [1.807, 2.05) is 6.07 Å². The summed E-state index contributed by atoms with van der Waals surface area (Å²) in [4.78, 5) is 40.3. The number of ketones is 1. The van der Waals surface area contributed by atoms with Gasteiger partial charge in [0, 0.05) is 29.6 Å². The predicted octanol–water partition coefficient (Wildman–Crippen LogP) is 2.94. The molecule has 2 aliphatic rings. The van der Waals surface area contributed by atoms with Gasteiger partial charge in [-0.2, -0.15) is 0 Å². The Morgan fingerprint density at radius 3 is 2.69 bits per heavy atom. The molecule has 0 saturated heterocycles. The monoisotopic (exact) mass is 354 g/mol. The van der Waals surface area contributed by atoms with Gasteiger partial charge < -0.3 is 14.7 Å². The Balaban J connectivity index is 1.58. The number of aromatic nitrogens is 1. The van der Waals surface area contributed by atoms with Gasteiger partial charge in [-0.1, -0.05) is 19.3 Å². The Bertz CT molecular complexity index is 876. The molecule has 2 heterocycles. The number of pyridine rings is 1. The van der Waals surface area contributed by atoms with Gasteiger partial charge in [0.05, 0.1) is 6.26 Å². The lowest BCUT2D eigenvalue weighted by Crippen LogP contribution is -2.39. The van der Waals surface area contributed by atoms with Gasteiger partial charge >= 0.3 is 0 Å². The van der Waals surface area contributed by atoms with Crippen LogP contribution in [-0.2, 0) is 6.42 Å². The van der Waals surface area contributed by atoms with Crippen molar-refractivity contribution in [1.82, 2.24) is 10.3 Å². The first-order valence-electron chi connectivity index (χ1n) is 9.25. The molecule has 0 aromatic carbocycles. The highest BCUT2D eigenvalue weighted by Crippen LogP contribution is 2.31. The fraction of sp³-hybridized carbons (Fsp3) is 0.450. The fourth-order valence-corrected chi connectivity index (χ4v) is 4.03. The lowest BCUT2D eigenvalue weighted by molar-refractivity contribution is 0.0926. The van der Waals surface area contributed by atoms with E-state index < -0.39 is 5.56 Å². The van der Waals surface area contributed by atoms with Gasteiger partial charge in [0.1, 0.15) is 11.3 Å². The summed E-state index contributed by atoms with van der Waals surface area (Å²) < 4.78 is 5.40. The summed E-state index contributed by atoms with van der Waals surface area (Å²) in [6.07, 6.45) is 7.69. The fourth-order valence-electron chi connectivity index (χ4n) is 4.03. The van der Waals surface area contributed by atoms with E-state index in [1.165, 1.54) is 12.5 Å². The number of hydrogen-bond acceptors (Lipinski definition) is 4. The molecule has 1 fully saturated rings. The van der Waals surface area contributed by atoms with E-state index in [4.69, 9.17) is 4.42 Å². The Kier molecular flexibility index (Phi) is 4.49. The highest BCUT2D eigenvalue weighted by atomic mass is 16.3. The van der Waals surface area contributed by atoms with Crippen molar-refractivity contribution in [3.05, 3.63) is 57.4 Å². The van der Waals surface area contributed by atoms with Gasteiger partial charge in [-0.3, -0.25) is 14.4 Å². The van der Waals surface area contributed by atoms with E-state index in [0.29, 0.717) is 24.1 Å². The number of H-pyrrole nitrogens is 1. The number of nitrogens with one attached hydrogen (secondary N) is 2. The summed E-state index contributed by atoms with van der Waals surface area (Å²) in [6.45, 7) is 0. The molecule has 0 spiro atoms. The highest BCUT2D eigenvalue weighted by molar-refractivity contribution is 6.02. The maximum absolute atomic E-state index is 12.6. The molecule has 0 radical (unpaired) electrons. The van der Waals surface area contributed by atoms with E-state index in [9.17, 15) is 14.4 Å². The number of Topliss-reactive ketones (excluding diaryl/α,β-unsaturated/α-hetero) is 1. The number of hydrogen-bond donors (Lipinski definition) is 2. The average Bonchev–Trinajstić information content (AvgIpc) is 3.16. The molecule has 2 aliphatic carbocycles. The molecule has 26 heavy (non-hydrogen) atoms. The number of carbonyl (C=O) groups is 2. The second-order valence-corrected chi connectivity index (χ2v) is 7.26. The van der Waals surface area contributed by atoms with Crippen LogP contribution in [0.15, 0.2) is 33.7 Å². The maximum atomic E-state index is 12.6. The minimum absolute atomic E-state index is 0.0270. The zero-order valence-electron chi connectivity index (χ0n) is 14.5. The van der Waals surface area contributed by atoms with Crippen molar-refractivity contribution in [3.63, 3.8) is 0 Å². The number of furan rings is 1. The van der Waals surface area contributed by atoms with Crippen LogP contribution in [0.3, 0.4) is 0 Å². The number of rotatable bonds is 3. The molecule has 2 aromatic heterocycles. The van der Waals surface area contributed by atoms with Gasteiger partial charge in [-0.25, -0.2) is 0 Å². The van der Waals surface area contributed by atoms with Crippen LogP contribution < -0.4 is 10.9 Å². The number of amides is 1. The van der Waals surface area contributed by atoms with Crippen LogP contribution in [0.25, 0.3) is 0 Å². The first-order chi connectivity index (χ1) is 12.6. The summed E-state index contributed by atoms with van der Waals surface area (Å²) in [5.74, 6) is 0.198. The van der Waals surface area contributed by atoms with Crippen molar-refractivity contribution in [1.29, 1.82) is 0 Å². The van der Waals surface area contributed by atoms with Crippen molar-refractivity contribution in [2.24, 2.45) is 0 Å². The molecule has 0 aliphatic heterocycles. The van der Waals surface area contributed by atoms with E-state index in [1.54, 1.807) is 12.3 Å². The lowest BCUT2D eigenvalue weighted by Gasteiger charge is -2.24. The minimum Gasteiger partial charge on any atom is -0.469 e. The summed E-state index contributed by atoms with van der Waals surface area (Å²) in [5, 5.41) is 2.94. The summed E-state index contributed by atoms with van der Waals surface area (Å²) in [6, 6.07) is 5.21. The molecule has 2 N–H and O–H groups in total. The zero-order valence-corrected chi connectivity index (χ0v) is 14.5.